The molecule has 2 aliphatic heterocycles. The molecule has 5 aliphatic rings. The predicted molar refractivity (Wildman–Crippen MR) is 157 cm³/mol. The van der Waals surface area contributed by atoms with Crippen LogP contribution < -0.4 is 15.4 Å². The molecule has 0 amide bonds. The van der Waals surface area contributed by atoms with Gasteiger partial charge in [0.05, 0.1) is 18.5 Å². The summed E-state index contributed by atoms with van der Waals surface area (Å²) in [5.41, 5.74) is 3.61. The van der Waals surface area contributed by atoms with Crippen molar-refractivity contribution in [3.05, 3.63) is 34.9 Å². The van der Waals surface area contributed by atoms with E-state index in [4.69, 9.17) is 4.74 Å². The van der Waals surface area contributed by atoms with Gasteiger partial charge in [0.15, 0.2) is 0 Å². The van der Waals surface area contributed by atoms with Crippen molar-refractivity contribution in [1.82, 2.24) is 20.3 Å². The highest BCUT2D eigenvalue weighted by Gasteiger charge is 2.55. The third kappa shape index (κ3) is 6.17. The average molecular weight is 575 g/mol. The van der Waals surface area contributed by atoms with E-state index >= 15 is 0 Å². The molecule has 0 radical (unpaired) electrons. The zero-order valence-electron chi connectivity index (χ0n) is 24.6. The first kappa shape index (κ1) is 29.0. The Morgan fingerprint density at radius 2 is 1.95 bits per heavy atom. The number of nitrogens with one attached hydrogen (secondary N) is 3. The maximum atomic E-state index is 13.7. The lowest BCUT2D eigenvalue weighted by Gasteiger charge is -2.49. The van der Waals surface area contributed by atoms with Crippen LogP contribution in [0.2, 0.25) is 0 Å². The van der Waals surface area contributed by atoms with Crippen molar-refractivity contribution in [3.63, 3.8) is 0 Å². The fraction of sp³-hybridized carbons (Fsp3) is 0.806. The molecule has 1 aromatic carbocycles. The summed E-state index contributed by atoms with van der Waals surface area (Å²) in [7, 11) is -3.55. The highest BCUT2D eigenvalue weighted by molar-refractivity contribution is 7.90. The third-order valence-corrected chi connectivity index (χ3v) is 12.4. The van der Waals surface area contributed by atoms with Crippen molar-refractivity contribution < 1.29 is 18.3 Å². The molecule has 6 rings (SSSR count). The van der Waals surface area contributed by atoms with E-state index in [0.29, 0.717) is 42.4 Å². The smallest absolute Gasteiger partial charge is 0.216 e. The van der Waals surface area contributed by atoms with Crippen molar-refractivity contribution in [2.24, 2.45) is 17.3 Å². The van der Waals surface area contributed by atoms with Crippen LogP contribution in [-0.2, 0) is 21.4 Å². The normalized spacial score (nSPS) is 36.3. The number of benzene rings is 1. The van der Waals surface area contributed by atoms with Crippen LogP contribution in [0.15, 0.2) is 18.2 Å². The molecule has 2 saturated heterocycles. The molecule has 3 aliphatic carbocycles. The molecule has 40 heavy (non-hydrogen) atoms. The number of ether oxygens (including phenoxy) is 1. The number of aryl methyl sites for hydroxylation is 1. The van der Waals surface area contributed by atoms with Gasteiger partial charge in [-0.3, -0.25) is 15.5 Å². The molecule has 9 heteroatoms. The summed E-state index contributed by atoms with van der Waals surface area (Å²) in [5, 5.41) is 16.7. The Bertz CT molecular complexity index is 1150. The van der Waals surface area contributed by atoms with Crippen LogP contribution in [0.1, 0.15) is 101 Å². The van der Waals surface area contributed by atoms with E-state index in [-0.39, 0.29) is 24.1 Å². The van der Waals surface area contributed by atoms with Crippen molar-refractivity contribution in [3.8, 4) is 0 Å². The average Bonchev–Trinajstić information content (AvgIpc) is 3.69. The second-order valence-electron chi connectivity index (χ2n) is 14.0. The van der Waals surface area contributed by atoms with E-state index in [1.807, 2.05) is 12.1 Å². The molecule has 3 saturated carbocycles. The van der Waals surface area contributed by atoms with E-state index in [9.17, 15) is 13.5 Å². The highest BCUT2D eigenvalue weighted by Crippen LogP contribution is 2.62. The van der Waals surface area contributed by atoms with Gasteiger partial charge in [0, 0.05) is 31.1 Å². The van der Waals surface area contributed by atoms with Gasteiger partial charge < -0.3 is 9.84 Å². The molecule has 5 fully saturated rings. The molecular formula is C31H50N4O4S. The number of aliphatic hydroxyl groups excluding tert-OH is 1. The van der Waals surface area contributed by atoms with Crippen LogP contribution in [0, 0.1) is 24.2 Å². The van der Waals surface area contributed by atoms with E-state index in [2.05, 4.69) is 47.1 Å². The summed E-state index contributed by atoms with van der Waals surface area (Å²) >= 11 is 0. The van der Waals surface area contributed by atoms with Crippen molar-refractivity contribution in [2.75, 3.05) is 13.2 Å². The second-order valence-corrected chi connectivity index (χ2v) is 16.0. The molecule has 1 aromatic rings. The topological polar surface area (TPSA) is 103 Å². The number of fused-ring (bicyclic) bond motifs is 4. The number of hydrogen-bond acceptors (Lipinski definition) is 7. The quantitative estimate of drug-likeness (QED) is 0.423. The summed E-state index contributed by atoms with van der Waals surface area (Å²) in [4.78, 5) is 2.76. The lowest BCUT2D eigenvalue weighted by molar-refractivity contribution is -0.0693. The number of aliphatic hydroxyl groups is 1. The lowest BCUT2D eigenvalue weighted by atomic mass is 9.74. The summed E-state index contributed by atoms with van der Waals surface area (Å²) < 4.78 is 37.2. The van der Waals surface area contributed by atoms with Gasteiger partial charge in [-0.15, -0.1) is 0 Å². The predicted octanol–water partition coefficient (Wildman–Crippen LogP) is 3.89. The molecule has 1 spiro atoms. The third-order valence-electron chi connectivity index (χ3n) is 10.5. The number of hydrogen-bond donors (Lipinski definition) is 4. The fourth-order valence-electron chi connectivity index (χ4n) is 8.22. The second kappa shape index (κ2) is 11.5. The van der Waals surface area contributed by atoms with E-state index in [0.717, 1.165) is 55.3 Å². The van der Waals surface area contributed by atoms with Crippen LogP contribution in [0.25, 0.3) is 0 Å². The Morgan fingerprint density at radius 1 is 1.15 bits per heavy atom. The number of sulfonamides is 1. The Kier molecular flexibility index (Phi) is 8.38. The molecule has 6 atom stereocenters. The first-order chi connectivity index (χ1) is 19.1. The first-order valence-corrected chi connectivity index (χ1v) is 17.3. The summed E-state index contributed by atoms with van der Waals surface area (Å²) in [6, 6.07) is 6.74. The summed E-state index contributed by atoms with van der Waals surface area (Å²) in [6.07, 6.45) is 9.67. The molecule has 8 nitrogen and oxygen atoms in total. The van der Waals surface area contributed by atoms with E-state index in [1.54, 1.807) is 0 Å². The minimum atomic E-state index is -3.55. The van der Waals surface area contributed by atoms with Gasteiger partial charge in [0.1, 0.15) is 12.5 Å². The minimum Gasteiger partial charge on any atom is -0.392 e. The van der Waals surface area contributed by atoms with Crippen molar-refractivity contribution in [2.45, 2.75) is 127 Å². The zero-order valence-corrected chi connectivity index (χ0v) is 25.4. The summed E-state index contributed by atoms with van der Waals surface area (Å²) in [6.45, 7) is 8.24. The zero-order chi connectivity index (χ0) is 28.1. The first-order valence-electron chi connectivity index (χ1n) is 15.7. The maximum absolute atomic E-state index is 13.7. The summed E-state index contributed by atoms with van der Waals surface area (Å²) in [5.74, 6) is 0.956. The molecule has 2 heterocycles. The monoisotopic (exact) mass is 574 g/mol. The molecule has 4 bridgehead atoms. The van der Waals surface area contributed by atoms with E-state index < -0.39 is 16.3 Å². The van der Waals surface area contributed by atoms with Gasteiger partial charge >= 0.3 is 0 Å². The highest BCUT2D eigenvalue weighted by atomic mass is 32.2. The molecule has 5 unspecified atom stereocenters. The Hall–Kier alpha value is -1.07. The SMILES string of the molecule is Cc1cccc(CO)c1C1CC2NC(N1)NS(=O)(=O)C1CCCC(C1)CN(C1CC3(CC3)C1)[C@H](CC(C)C)CO2. The van der Waals surface area contributed by atoms with Crippen LogP contribution in [0.4, 0.5) is 0 Å². The van der Waals surface area contributed by atoms with Gasteiger partial charge in [-0.05, 0) is 92.2 Å². The van der Waals surface area contributed by atoms with Crippen molar-refractivity contribution >= 4 is 10.0 Å². The van der Waals surface area contributed by atoms with Gasteiger partial charge in [-0.25, -0.2) is 8.42 Å². The largest absolute Gasteiger partial charge is 0.392 e. The molecule has 224 valence electrons. The van der Waals surface area contributed by atoms with Gasteiger partial charge in [-0.1, -0.05) is 38.5 Å². The Labute approximate surface area is 241 Å². The van der Waals surface area contributed by atoms with Crippen LogP contribution in [0.5, 0.6) is 0 Å². The minimum absolute atomic E-state index is 0.0533. The molecule has 4 N–H and O–H groups in total. The molecular weight excluding hydrogens is 524 g/mol. The Balaban J connectivity index is 1.31. The van der Waals surface area contributed by atoms with Gasteiger partial charge in [0.25, 0.3) is 0 Å². The fourth-order valence-corrected chi connectivity index (χ4v) is 9.88. The van der Waals surface area contributed by atoms with Crippen LogP contribution in [-0.4, -0.2) is 61.4 Å². The number of rotatable bonds is 5. The number of nitrogens with zero attached hydrogens (tertiary/aromatic N) is 1. The molecule has 0 aromatic heterocycles. The van der Waals surface area contributed by atoms with Crippen molar-refractivity contribution in [1.29, 1.82) is 0 Å². The Morgan fingerprint density at radius 3 is 2.67 bits per heavy atom. The maximum Gasteiger partial charge on any atom is 0.216 e. The van der Waals surface area contributed by atoms with Gasteiger partial charge in [0.2, 0.25) is 10.0 Å². The van der Waals surface area contributed by atoms with Gasteiger partial charge in [-0.2, -0.15) is 4.72 Å². The van der Waals surface area contributed by atoms with Crippen LogP contribution >= 0.6 is 0 Å². The van der Waals surface area contributed by atoms with Crippen LogP contribution in [0.3, 0.4) is 0 Å². The lowest BCUT2D eigenvalue weighted by Crippen LogP contribution is -2.64. The van der Waals surface area contributed by atoms with E-state index in [1.165, 1.54) is 25.7 Å². The standard InChI is InChI=1S/C31H50N4O4S/c1-20(2)12-24-19-39-28-14-27(29-21(3)6-4-8-23(29)18-36)32-30(33-28)34-40(37,38)26-9-5-7-22(13-26)17-35(24)25-15-31(16-25)10-11-31/h4,6,8,20,22,24-28,30,32-34,36H,5,7,9-19H2,1-3H3/t22?,24-,26?,27?,28?,30?/m1/s1.